The molecule has 0 aromatic rings. The molecule has 0 spiro atoms. The van der Waals surface area contributed by atoms with E-state index in [2.05, 4.69) is 4.90 Å². The molecule has 2 rings (SSSR count). The van der Waals surface area contributed by atoms with Crippen LogP contribution in [0.5, 0.6) is 0 Å². The van der Waals surface area contributed by atoms with Gasteiger partial charge < -0.3 is 15.3 Å². The zero-order valence-corrected chi connectivity index (χ0v) is 8.39. The zero-order chi connectivity index (χ0) is 10.2. The molecule has 2 fully saturated rings. The highest BCUT2D eigenvalue weighted by molar-refractivity contribution is 5.05. The van der Waals surface area contributed by atoms with E-state index in [1.54, 1.807) is 0 Å². The quantitative estimate of drug-likeness (QED) is 0.554. The normalized spacial score (nSPS) is 43.9. The Kier molecular flexibility index (Phi) is 2.79. The molecule has 82 valence electrons. The van der Waals surface area contributed by atoms with Gasteiger partial charge in [0.25, 0.3) is 0 Å². The second-order valence-corrected chi connectivity index (χ2v) is 4.52. The number of aliphatic hydroxyl groups excluding tert-OH is 3. The first-order valence-corrected chi connectivity index (χ1v) is 5.41. The van der Waals surface area contributed by atoms with Gasteiger partial charge in [-0.05, 0) is 25.7 Å². The Morgan fingerprint density at radius 2 is 1.93 bits per heavy atom. The molecule has 0 aliphatic carbocycles. The van der Waals surface area contributed by atoms with Crippen molar-refractivity contribution in [3.8, 4) is 0 Å². The Morgan fingerprint density at radius 1 is 1.21 bits per heavy atom. The van der Waals surface area contributed by atoms with Gasteiger partial charge in [-0.1, -0.05) is 0 Å². The van der Waals surface area contributed by atoms with Crippen molar-refractivity contribution in [1.29, 1.82) is 0 Å². The summed E-state index contributed by atoms with van der Waals surface area (Å²) in [5.41, 5.74) is -0.341. The van der Waals surface area contributed by atoms with Crippen LogP contribution >= 0.6 is 0 Å². The van der Waals surface area contributed by atoms with Gasteiger partial charge in [0.1, 0.15) is 0 Å². The molecule has 0 radical (unpaired) electrons. The van der Waals surface area contributed by atoms with Crippen molar-refractivity contribution in [2.75, 3.05) is 19.7 Å². The minimum atomic E-state index is -0.385. The van der Waals surface area contributed by atoms with Crippen molar-refractivity contribution in [3.05, 3.63) is 0 Å². The third-order valence-electron chi connectivity index (χ3n) is 3.79. The van der Waals surface area contributed by atoms with E-state index >= 15 is 0 Å². The minimum absolute atomic E-state index is 0.0836. The number of nitrogens with zero attached hydrogens (tertiary/aromatic N) is 1. The molecule has 2 heterocycles. The third kappa shape index (κ3) is 1.46. The highest BCUT2D eigenvalue weighted by Gasteiger charge is 2.50. The van der Waals surface area contributed by atoms with Crippen LogP contribution in [0.15, 0.2) is 0 Å². The first kappa shape index (κ1) is 10.4. The fraction of sp³-hybridized carbons (Fsp3) is 1.00. The van der Waals surface area contributed by atoms with Crippen LogP contribution in [0.4, 0.5) is 0 Å². The summed E-state index contributed by atoms with van der Waals surface area (Å²) in [6.45, 7) is 1.83. The first-order valence-electron chi connectivity index (χ1n) is 5.41. The van der Waals surface area contributed by atoms with Crippen molar-refractivity contribution >= 4 is 0 Å². The maximum Gasteiger partial charge on any atom is 0.0737 e. The molecular weight excluding hydrogens is 182 g/mol. The molecule has 3 N–H and O–H groups in total. The highest BCUT2D eigenvalue weighted by Crippen LogP contribution is 2.40. The Hall–Kier alpha value is -0.160. The van der Waals surface area contributed by atoms with Gasteiger partial charge in [-0.25, -0.2) is 0 Å². The Balaban J connectivity index is 2.17. The Labute approximate surface area is 84.2 Å². The number of rotatable bonds is 2. The van der Waals surface area contributed by atoms with E-state index in [9.17, 15) is 10.2 Å². The zero-order valence-electron chi connectivity index (χ0n) is 8.39. The lowest BCUT2D eigenvalue weighted by atomic mass is 9.80. The van der Waals surface area contributed by atoms with E-state index in [0.717, 1.165) is 25.9 Å². The van der Waals surface area contributed by atoms with Gasteiger partial charge >= 0.3 is 0 Å². The summed E-state index contributed by atoms with van der Waals surface area (Å²) in [6, 6.07) is 0. The lowest BCUT2D eigenvalue weighted by Crippen LogP contribution is -2.56. The predicted molar refractivity (Wildman–Crippen MR) is 51.9 cm³/mol. The van der Waals surface area contributed by atoms with E-state index < -0.39 is 0 Å². The van der Waals surface area contributed by atoms with Gasteiger partial charge in [-0.15, -0.1) is 0 Å². The highest BCUT2D eigenvalue weighted by atomic mass is 16.3. The number of hydrogen-bond acceptors (Lipinski definition) is 4. The molecule has 14 heavy (non-hydrogen) atoms. The predicted octanol–water partition coefficient (Wildman–Crippen LogP) is -0.671. The van der Waals surface area contributed by atoms with Gasteiger partial charge in [0.2, 0.25) is 0 Å². The van der Waals surface area contributed by atoms with Crippen molar-refractivity contribution in [3.63, 3.8) is 0 Å². The van der Waals surface area contributed by atoms with E-state index in [0.29, 0.717) is 12.8 Å². The number of fused-ring (bicyclic) bond motifs is 1. The van der Waals surface area contributed by atoms with Gasteiger partial charge in [0, 0.05) is 19.7 Å². The lowest BCUT2D eigenvalue weighted by molar-refractivity contribution is -0.0579. The monoisotopic (exact) mass is 201 g/mol. The van der Waals surface area contributed by atoms with Crippen LogP contribution in [0, 0.1) is 0 Å². The molecule has 4 nitrogen and oxygen atoms in total. The first-order chi connectivity index (χ1) is 6.69. The topological polar surface area (TPSA) is 63.9 Å². The Bertz CT molecular complexity index is 212. The van der Waals surface area contributed by atoms with E-state index in [1.807, 2.05) is 0 Å². The fourth-order valence-corrected chi connectivity index (χ4v) is 3.02. The van der Waals surface area contributed by atoms with Crippen LogP contribution in [0.1, 0.15) is 25.7 Å². The van der Waals surface area contributed by atoms with Gasteiger partial charge in [0.15, 0.2) is 0 Å². The van der Waals surface area contributed by atoms with Gasteiger partial charge in [0.05, 0.1) is 17.7 Å². The molecule has 0 saturated carbocycles. The summed E-state index contributed by atoms with van der Waals surface area (Å²) < 4.78 is 0. The van der Waals surface area contributed by atoms with Crippen LogP contribution in [-0.4, -0.2) is 57.7 Å². The molecule has 2 saturated heterocycles. The van der Waals surface area contributed by atoms with Crippen molar-refractivity contribution < 1.29 is 15.3 Å². The van der Waals surface area contributed by atoms with E-state index in [1.165, 1.54) is 0 Å². The molecule has 3 atom stereocenters. The van der Waals surface area contributed by atoms with Crippen LogP contribution < -0.4 is 0 Å². The van der Waals surface area contributed by atoms with Crippen molar-refractivity contribution in [2.45, 2.75) is 43.4 Å². The van der Waals surface area contributed by atoms with Gasteiger partial charge in [-0.3, -0.25) is 4.90 Å². The van der Waals surface area contributed by atoms with Crippen molar-refractivity contribution in [1.82, 2.24) is 4.90 Å². The summed E-state index contributed by atoms with van der Waals surface area (Å²) in [7, 11) is 0. The second-order valence-electron chi connectivity index (χ2n) is 4.52. The van der Waals surface area contributed by atoms with E-state index in [4.69, 9.17) is 5.11 Å². The maximum atomic E-state index is 9.96. The summed E-state index contributed by atoms with van der Waals surface area (Å²) in [5.74, 6) is 0. The van der Waals surface area contributed by atoms with Crippen LogP contribution in [0.3, 0.4) is 0 Å². The number of hydrogen-bond donors (Lipinski definition) is 3. The molecular formula is C10H19NO3. The van der Waals surface area contributed by atoms with Crippen LogP contribution in [0.25, 0.3) is 0 Å². The summed E-state index contributed by atoms with van der Waals surface area (Å²) in [4.78, 5) is 2.24. The minimum Gasteiger partial charge on any atom is -0.396 e. The standard InChI is InChI=1S/C10H19NO3/c12-6-3-10-7-8(13)1-4-11(10)5-2-9(10)14/h8-9,12-14H,1-7H2/t8-,9-,10+/m0/s1. The largest absolute Gasteiger partial charge is 0.396 e. The SMILES string of the molecule is OCC[C@]12C[C@@H](O)CCN1CC[C@@H]2O. The molecule has 0 aromatic heterocycles. The van der Waals surface area contributed by atoms with Crippen LogP contribution in [0.2, 0.25) is 0 Å². The molecule has 0 amide bonds. The summed E-state index contributed by atoms with van der Waals surface area (Å²) in [6.07, 6.45) is 2.04. The Morgan fingerprint density at radius 3 is 2.64 bits per heavy atom. The average Bonchev–Trinajstić information content (AvgIpc) is 2.45. The molecule has 0 aromatic carbocycles. The number of aliphatic hydroxyl groups is 3. The molecule has 0 unspecified atom stereocenters. The molecule has 2 aliphatic rings. The average molecular weight is 201 g/mol. The van der Waals surface area contributed by atoms with Crippen molar-refractivity contribution in [2.24, 2.45) is 0 Å². The fourth-order valence-electron chi connectivity index (χ4n) is 3.02. The lowest BCUT2D eigenvalue weighted by Gasteiger charge is -2.45. The number of piperidine rings is 1. The summed E-state index contributed by atoms with van der Waals surface area (Å²) in [5, 5.41) is 28.7. The summed E-state index contributed by atoms with van der Waals surface area (Å²) >= 11 is 0. The molecule has 0 bridgehead atoms. The maximum absolute atomic E-state index is 9.96. The van der Waals surface area contributed by atoms with Gasteiger partial charge in [-0.2, -0.15) is 0 Å². The third-order valence-corrected chi connectivity index (χ3v) is 3.79. The molecule has 4 heteroatoms. The molecule has 2 aliphatic heterocycles. The van der Waals surface area contributed by atoms with E-state index in [-0.39, 0.29) is 24.4 Å². The smallest absolute Gasteiger partial charge is 0.0737 e. The van der Waals surface area contributed by atoms with Crippen LogP contribution in [-0.2, 0) is 0 Å². The second kappa shape index (κ2) is 3.77.